The van der Waals surface area contributed by atoms with Crippen molar-refractivity contribution in [1.82, 2.24) is 9.97 Å². The number of thiazole rings is 2. The molecule has 0 unspecified atom stereocenters. The summed E-state index contributed by atoms with van der Waals surface area (Å²) in [5.74, 6) is 1.38. The molecule has 2 aromatic carbocycles. The van der Waals surface area contributed by atoms with Crippen LogP contribution in [0.2, 0.25) is 0 Å². The third kappa shape index (κ3) is 2.55. The highest BCUT2D eigenvalue weighted by Crippen LogP contribution is 2.38. The van der Waals surface area contributed by atoms with Gasteiger partial charge in [-0.25, -0.2) is 9.97 Å². The van der Waals surface area contributed by atoms with Crippen LogP contribution in [0, 0.1) is 6.92 Å². The molecule has 24 heavy (non-hydrogen) atoms. The zero-order chi connectivity index (χ0) is 16.7. The number of methoxy groups -OCH3 is 2. The summed E-state index contributed by atoms with van der Waals surface area (Å²) in [5.41, 5.74) is 3.09. The van der Waals surface area contributed by atoms with Crippen LogP contribution in [0.3, 0.4) is 0 Å². The second-order valence-corrected chi connectivity index (χ2v) is 7.32. The van der Waals surface area contributed by atoms with E-state index in [4.69, 9.17) is 9.47 Å². The Balaban J connectivity index is 1.72. The Morgan fingerprint density at radius 2 is 1.62 bits per heavy atom. The quantitative estimate of drug-likeness (QED) is 0.558. The fourth-order valence-electron chi connectivity index (χ4n) is 2.54. The van der Waals surface area contributed by atoms with E-state index in [0.29, 0.717) is 11.5 Å². The fraction of sp³-hybridized carbons (Fsp3) is 0.176. The number of nitrogens with zero attached hydrogens (tertiary/aromatic N) is 2. The standard InChI is InChI=1S/C17H15N3O2S2/c1-9-5-4-6-13-15(9)19-17(23-13)20-16-18-10-7-11(21-2)12(22-3)8-14(10)24-16/h4-8H,1-3H3,(H,18,19,20). The highest BCUT2D eigenvalue weighted by Gasteiger charge is 2.12. The van der Waals surface area contributed by atoms with Crippen molar-refractivity contribution < 1.29 is 9.47 Å². The van der Waals surface area contributed by atoms with Crippen LogP contribution in [0.15, 0.2) is 30.3 Å². The summed E-state index contributed by atoms with van der Waals surface area (Å²) in [4.78, 5) is 9.29. The first-order valence-electron chi connectivity index (χ1n) is 7.33. The number of aryl methyl sites for hydroxylation is 1. The number of fused-ring (bicyclic) bond motifs is 2. The number of hydrogen-bond donors (Lipinski definition) is 1. The van der Waals surface area contributed by atoms with Crippen molar-refractivity contribution in [2.45, 2.75) is 6.92 Å². The highest BCUT2D eigenvalue weighted by atomic mass is 32.1. The molecule has 0 radical (unpaired) electrons. The van der Waals surface area contributed by atoms with Crippen LogP contribution in [0.4, 0.5) is 10.3 Å². The van der Waals surface area contributed by atoms with Gasteiger partial charge in [0.15, 0.2) is 21.8 Å². The second-order valence-electron chi connectivity index (χ2n) is 5.26. The Morgan fingerprint density at radius 3 is 2.38 bits per heavy atom. The van der Waals surface area contributed by atoms with Gasteiger partial charge in [-0.1, -0.05) is 34.8 Å². The predicted octanol–water partition coefficient (Wildman–Crippen LogP) is 4.98. The third-order valence-electron chi connectivity index (χ3n) is 3.73. The largest absolute Gasteiger partial charge is 0.493 e. The summed E-state index contributed by atoms with van der Waals surface area (Å²) in [6.07, 6.45) is 0. The van der Waals surface area contributed by atoms with Gasteiger partial charge in [0.1, 0.15) is 0 Å². The van der Waals surface area contributed by atoms with Crippen molar-refractivity contribution >= 4 is 53.4 Å². The number of hydrogen-bond acceptors (Lipinski definition) is 7. The van der Waals surface area contributed by atoms with Gasteiger partial charge in [-0.05, 0) is 18.6 Å². The summed E-state index contributed by atoms with van der Waals surface area (Å²) in [6.45, 7) is 2.07. The van der Waals surface area contributed by atoms with Gasteiger partial charge in [0.2, 0.25) is 0 Å². The van der Waals surface area contributed by atoms with Crippen LogP contribution in [-0.2, 0) is 0 Å². The SMILES string of the molecule is COc1cc2nc(Nc3nc4c(C)cccc4s3)sc2cc1OC. The van der Waals surface area contributed by atoms with E-state index in [9.17, 15) is 0 Å². The Bertz CT molecular complexity index is 998. The average Bonchev–Trinajstić information content (AvgIpc) is 3.16. The Labute approximate surface area is 146 Å². The van der Waals surface area contributed by atoms with Crippen LogP contribution in [0.1, 0.15) is 5.56 Å². The summed E-state index contributed by atoms with van der Waals surface area (Å²) in [7, 11) is 3.26. The number of rotatable bonds is 4. The first-order valence-corrected chi connectivity index (χ1v) is 8.97. The van der Waals surface area contributed by atoms with Gasteiger partial charge >= 0.3 is 0 Å². The number of nitrogens with one attached hydrogen (secondary N) is 1. The van der Waals surface area contributed by atoms with Gasteiger partial charge in [-0.15, -0.1) is 0 Å². The molecular formula is C17H15N3O2S2. The van der Waals surface area contributed by atoms with Gasteiger partial charge in [0, 0.05) is 12.1 Å². The molecule has 0 bridgehead atoms. The molecule has 0 saturated heterocycles. The molecule has 122 valence electrons. The van der Waals surface area contributed by atoms with Gasteiger partial charge in [0.05, 0.1) is 34.7 Å². The molecule has 0 aliphatic rings. The minimum absolute atomic E-state index is 0.678. The molecule has 7 heteroatoms. The van der Waals surface area contributed by atoms with Crippen molar-refractivity contribution in [3.05, 3.63) is 35.9 Å². The molecule has 0 atom stereocenters. The maximum atomic E-state index is 5.35. The van der Waals surface area contributed by atoms with Crippen LogP contribution in [-0.4, -0.2) is 24.2 Å². The second kappa shape index (κ2) is 5.92. The van der Waals surface area contributed by atoms with E-state index in [-0.39, 0.29) is 0 Å². The zero-order valence-corrected chi connectivity index (χ0v) is 15.0. The fourth-order valence-corrected chi connectivity index (χ4v) is 4.42. The Kier molecular flexibility index (Phi) is 3.74. The number of anilines is 2. The van der Waals surface area contributed by atoms with Crippen molar-refractivity contribution in [2.24, 2.45) is 0 Å². The Morgan fingerprint density at radius 1 is 0.917 bits per heavy atom. The van der Waals surface area contributed by atoms with E-state index < -0.39 is 0 Å². The molecule has 0 saturated carbocycles. The number of para-hydroxylation sites is 1. The van der Waals surface area contributed by atoms with Crippen molar-refractivity contribution in [3.63, 3.8) is 0 Å². The van der Waals surface area contributed by atoms with Crippen molar-refractivity contribution in [1.29, 1.82) is 0 Å². The van der Waals surface area contributed by atoms with Crippen LogP contribution < -0.4 is 14.8 Å². The molecule has 2 aromatic heterocycles. The zero-order valence-electron chi connectivity index (χ0n) is 13.4. The number of benzene rings is 2. The van der Waals surface area contributed by atoms with E-state index in [2.05, 4.69) is 40.4 Å². The van der Waals surface area contributed by atoms with Gasteiger partial charge < -0.3 is 14.8 Å². The lowest BCUT2D eigenvalue weighted by molar-refractivity contribution is 0.356. The topological polar surface area (TPSA) is 56.3 Å². The molecule has 2 heterocycles. The minimum atomic E-state index is 0.678. The number of aromatic nitrogens is 2. The minimum Gasteiger partial charge on any atom is -0.493 e. The molecule has 4 aromatic rings. The normalized spacial score (nSPS) is 11.1. The average molecular weight is 357 g/mol. The van der Waals surface area contributed by atoms with E-state index >= 15 is 0 Å². The smallest absolute Gasteiger partial charge is 0.190 e. The molecular weight excluding hydrogens is 342 g/mol. The summed E-state index contributed by atoms with van der Waals surface area (Å²) in [5, 5.41) is 4.97. The lowest BCUT2D eigenvalue weighted by Gasteiger charge is -2.05. The maximum Gasteiger partial charge on any atom is 0.190 e. The van der Waals surface area contributed by atoms with E-state index in [1.54, 1.807) is 36.9 Å². The van der Waals surface area contributed by atoms with Gasteiger partial charge in [-0.2, -0.15) is 0 Å². The lowest BCUT2D eigenvalue weighted by Crippen LogP contribution is -1.90. The van der Waals surface area contributed by atoms with Crippen LogP contribution in [0.5, 0.6) is 11.5 Å². The van der Waals surface area contributed by atoms with Gasteiger partial charge in [-0.3, -0.25) is 0 Å². The molecule has 0 fully saturated rings. The molecule has 0 aliphatic carbocycles. The Hall–Kier alpha value is -2.38. The molecule has 0 spiro atoms. The summed E-state index contributed by atoms with van der Waals surface area (Å²) >= 11 is 3.19. The maximum absolute atomic E-state index is 5.35. The predicted molar refractivity (Wildman–Crippen MR) is 100 cm³/mol. The highest BCUT2D eigenvalue weighted by molar-refractivity contribution is 7.24. The van der Waals surface area contributed by atoms with E-state index in [1.807, 2.05) is 12.1 Å². The third-order valence-corrected chi connectivity index (χ3v) is 5.60. The lowest BCUT2D eigenvalue weighted by atomic mass is 10.2. The monoisotopic (exact) mass is 357 g/mol. The van der Waals surface area contributed by atoms with Gasteiger partial charge in [0.25, 0.3) is 0 Å². The molecule has 0 amide bonds. The molecule has 5 nitrogen and oxygen atoms in total. The van der Waals surface area contributed by atoms with Crippen LogP contribution >= 0.6 is 22.7 Å². The first-order chi connectivity index (χ1) is 11.7. The molecule has 0 aliphatic heterocycles. The summed E-state index contributed by atoms with van der Waals surface area (Å²) < 4.78 is 12.9. The van der Waals surface area contributed by atoms with E-state index in [0.717, 1.165) is 26.0 Å². The van der Waals surface area contributed by atoms with Crippen LogP contribution in [0.25, 0.3) is 20.4 Å². The molecule has 1 N–H and O–H groups in total. The number of ether oxygens (including phenoxy) is 2. The summed E-state index contributed by atoms with van der Waals surface area (Å²) in [6, 6.07) is 10.0. The van der Waals surface area contributed by atoms with E-state index in [1.165, 1.54) is 10.3 Å². The van der Waals surface area contributed by atoms with Crippen molar-refractivity contribution in [2.75, 3.05) is 19.5 Å². The first kappa shape index (κ1) is 15.2. The molecule has 4 rings (SSSR count). The van der Waals surface area contributed by atoms with Crippen molar-refractivity contribution in [3.8, 4) is 11.5 Å².